The molecule has 144 valence electrons. The van der Waals surface area contributed by atoms with Crippen molar-refractivity contribution in [3.05, 3.63) is 65.9 Å². The molecule has 2 saturated heterocycles. The SMILES string of the molecule is COC(=O)c1ccc(Cn2ccc3c(N4CC5CCC(C4)N5)cccc32)cc1. The van der Waals surface area contributed by atoms with Gasteiger partial charge in [-0.1, -0.05) is 18.2 Å². The Kier molecular flexibility index (Phi) is 4.32. The molecule has 28 heavy (non-hydrogen) atoms. The van der Waals surface area contributed by atoms with Crippen LogP contribution in [0.2, 0.25) is 0 Å². The number of fused-ring (bicyclic) bond motifs is 3. The van der Waals surface area contributed by atoms with E-state index in [1.807, 2.05) is 24.3 Å². The summed E-state index contributed by atoms with van der Waals surface area (Å²) in [7, 11) is 1.41. The number of hydrogen-bond donors (Lipinski definition) is 1. The van der Waals surface area contributed by atoms with E-state index in [1.54, 1.807) is 0 Å². The number of methoxy groups -OCH3 is 1. The molecular weight excluding hydrogens is 350 g/mol. The first kappa shape index (κ1) is 17.3. The molecule has 2 aromatic carbocycles. The number of ether oxygens (including phenoxy) is 1. The second-order valence-electron chi connectivity index (χ2n) is 7.88. The van der Waals surface area contributed by atoms with Gasteiger partial charge in [0.25, 0.3) is 0 Å². The van der Waals surface area contributed by atoms with Crippen molar-refractivity contribution in [2.75, 3.05) is 25.1 Å². The molecular formula is C23H25N3O2. The molecule has 2 bridgehead atoms. The van der Waals surface area contributed by atoms with Crippen molar-refractivity contribution < 1.29 is 9.53 Å². The molecule has 3 aromatic rings. The molecule has 2 fully saturated rings. The summed E-state index contributed by atoms with van der Waals surface area (Å²) in [6, 6.07) is 17.8. The standard InChI is InChI=1S/C23H25N3O2/c1-28-23(27)17-7-5-16(6-8-17)13-25-12-11-20-21(25)3-2-4-22(20)26-14-18-9-10-19(15-26)24-18/h2-8,11-12,18-19,24H,9-10,13-15H2,1H3. The Balaban J connectivity index is 1.41. The smallest absolute Gasteiger partial charge is 0.337 e. The Bertz CT molecular complexity index is 996. The molecule has 2 unspecified atom stereocenters. The molecule has 5 nitrogen and oxygen atoms in total. The minimum absolute atomic E-state index is 0.299. The molecule has 2 aliphatic rings. The van der Waals surface area contributed by atoms with Crippen LogP contribution in [-0.4, -0.2) is 42.8 Å². The van der Waals surface area contributed by atoms with E-state index in [-0.39, 0.29) is 5.97 Å². The molecule has 1 aromatic heterocycles. The van der Waals surface area contributed by atoms with Crippen molar-refractivity contribution in [1.29, 1.82) is 0 Å². The average molecular weight is 375 g/mol. The van der Waals surface area contributed by atoms with E-state index in [1.165, 1.54) is 36.5 Å². The monoisotopic (exact) mass is 375 g/mol. The largest absolute Gasteiger partial charge is 0.465 e. The van der Waals surface area contributed by atoms with Crippen molar-refractivity contribution in [3.63, 3.8) is 0 Å². The zero-order chi connectivity index (χ0) is 19.1. The normalized spacial score (nSPS) is 21.2. The van der Waals surface area contributed by atoms with Gasteiger partial charge in [-0.15, -0.1) is 0 Å². The first-order chi connectivity index (χ1) is 13.7. The maximum Gasteiger partial charge on any atom is 0.337 e. The number of hydrogen-bond acceptors (Lipinski definition) is 4. The van der Waals surface area contributed by atoms with E-state index in [9.17, 15) is 4.79 Å². The molecule has 2 atom stereocenters. The predicted octanol–water partition coefficient (Wildman–Crippen LogP) is 3.42. The molecule has 0 amide bonds. The van der Waals surface area contributed by atoms with Crippen LogP contribution in [0.1, 0.15) is 28.8 Å². The number of anilines is 1. The van der Waals surface area contributed by atoms with Gasteiger partial charge in [-0.25, -0.2) is 4.79 Å². The van der Waals surface area contributed by atoms with Crippen molar-refractivity contribution in [2.45, 2.75) is 31.5 Å². The molecule has 3 heterocycles. The van der Waals surface area contributed by atoms with E-state index >= 15 is 0 Å². The summed E-state index contributed by atoms with van der Waals surface area (Å²) in [6.07, 6.45) is 4.75. The third-order valence-corrected chi connectivity index (χ3v) is 6.08. The number of rotatable bonds is 4. The van der Waals surface area contributed by atoms with Gasteiger partial charge in [0.05, 0.1) is 18.2 Å². The number of carbonyl (C=O) groups excluding carboxylic acids is 1. The first-order valence-corrected chi connectivity index (χ1v) is 9.97. The highest BCUT2D eigenvalue weighted by atomic mass is 16.5. The van der Waals surface area contributed by atoms with Crippen LogP contribution in [0, 0.1) is 0 Å². The minimum Gasteiger partial charge on any atom is -0.465 e. The highest BCUT2D eigenvalue weighted by Crippen LogP contribution is 2.32. The lowest BCUT2D eigenvalue weighted by Crippen LogP contribution is -2.51. The number of carbonyl (C=O) groups is 1. The highest BCUT2D eigenvalue weighted by molar-refractivity contribution is 5.93. The van der Waals surface area contributed by atoms with Crippen LogP contribution in [0.25, 0.3) is 10.9 Å². The Hall–Kier alpha value is -2.79. The number of aromatic nitrogens is 1. The lowest BCUT2D eigenvalue weighted by Gasteiger charge is -2.35. The van der Waals surface area contributed by atoms with Crippen molar-refractivity contribution >= 4 is 22.6 Å². The van der Waals surface area contributed by atoms with Gasteiger partial charge in [-0.3, -0.25) is 0 Å². The maximum absolute atomic E-state index is 11.6. The Labute approximate surface area is 164 Å². The van der Waals surface area contributed by atoms with Gasteiger partial charge in [-0.2, -0.15) is 0 Å². The maximum atomic E-state index is 11.6. The lowest BCUT2D eigenvalue weighted by molar-refractivity contribution is 0.0600. The van der Waals surface area contributed by atoms with E-state index < -0.39 is 0 Å². The fourth-order valence-electron chi connectivity index (χ4n) is 4.68. The van der Waals surface area contributed by atoms with Gasteiger partial charge in [-0.05, 0) is 48.7 Å². The second kappa shape index (κ2) is 6.99. The van der Waals surface area contributed by atoms with Crippen LogP contribution >= 0.6 is 0 Å². The second-order valence-corrected chi connectivity index (χ2v) is 7.88. The number of benzene rings is 2. The predicted molar refractivity (Wildman–Crippen MR) is 111 cm³/mol. The molecule has 2 aliphatic heterocycles. The zero-order valence-electron chi connectivity index (χ0n) is 16.1. The van der Waals surface area contributed by atoms with E-state index in [2.05, 4.69) is 45.2 Å². The minimum atomic E-state index is -0.299. The summed E-state index contributed by atoms with van der Waals surface area (Å²) in [4.78, 5) is 14.2. The molecule has 5 rings (SSSR count). The Morgan fingerprint density at radius 2 is 1.82 bits per heavy atom. The Morgan fingerprint density at radius 1 is 1.07 bits per heavy atom. The van der Waals surface area contributed by atoms with E-state index in [0.717, 1.165) is 25.2 Å². The topological polar surface area (TPSA) is 46.5 Å². The summed E-state index contributed by atoms with van der Waals surface area (Å²) in [5.74, 6) is -0.299. The fourth-order valence-corrected chi connectivity index (χ4v) is 4.68. The van der Waals surface area contributed by atoms with Crippen LogP contribution in [0.4, 0.5) is 5.69 Å². The quantitative estimate of drug-likeness (QED) is 0.710. The summed E-state index contributed by atoms with van der Waals surface area (Å²) in [6.45, 7) is 2.97. The van der Waals surface area contributed by atoms with Gasteiger partial charge >= 0.3 is 5.97 Å². The fraction of sp³-hybridized carbons (Fsp3) is 0.348. The average Bonchev–Trinajstić information content (AvgIpc) is 3.30. The van der Waals surface area contributed by atoms with Crippen LogP contribution in [0.5, 0.6) is 0 Å². The summed E-state index contributed by atoms with van der Waals surface area (Å²) in [5, 5.41) is 5.03. The van der Waals surface area contributed by atoms with Gasteiger partial charge in [0.2, 0.25) is 0 Å². The van der Waals surface area contributed by atoms with Crippen molar-refractivity contribution in [2.24, 2.45) is 0 Å². The third-order valence-electron chi connectivity index (χ3n) is 6.08. The van der Waals surface area contributed by atoms with Gasteiger partial charge < -0.3 is 19.5 Å². The number of nitrogens with zero attached hydrogens (tertiary/aromatic N) is 2. The molecule has 0 saturated carbocycles. The number of nitrogens with one attached hydrogen (secondary N) is 1. The zero-order valence-corrected chi connectivity index (χ0v) is 16.1. The van der Waals surface area contributed by atoms with Gasteiger partial charge in [0, 0.05) is 49.0 Å². The third kappa shape index (κ3) is 3.06. The van der Waals surface area contributed by atoms with Gasteiger partial charge in [0.15, 0.2) is 0 Å². The molecule has 5 heteroatoms. The van der Waals surface area contributed by atoms with Crippen molar-refractivity contribution in [1.82, 2.24) is 9.88 Å². The van der Waals surface area contributed by atoms with E-state index in [0.29, 0.717) is 17.6 Å². The van der Waals surface area contributed by atoms with Crippen LogP contribution in [-0.2, 0) is 11.3 Å². The molecule has 1 N–H and O–H groups in total. The van der Waals surface area contributed by atoms with E-state index in [4.69, 9.17) is 4.74 Å². The highest BCUT2D eigenvalue weighted by Gasteiger charge is 2.32. The molecule has 0 spiro atoms. The van der Waals surface area contributed by atoms with Crippen LogP contribution < -0.4 is 10.2 Å². The summed E-state index contributed by atoms with van der Waals surface area (Å²) in [5.41, 5.74) is 4.34. The summed E-state index contributed by atoms with van der Waals surface area (Å²) >= 11 is 0. The van der Waals surface area contributed by atoms with Crippen LogP contribution in [0.3, 0.4) is 0 Å². The number of esters is 1. The van der Waals surface area contributed by atoms with Crippen molar-refractivity contribution in [3.8, 4) is 0 Å². The Morgan fingerprint density at radius 3 is 2.54 bits per heavy atom. The molecule has 0 aliphatic carbocycles. The first-order valence-electron chi connectivity index (χ1n) is 9.97. The molecule has 0 radical (unpaired) electrons. The summed E-state index contributed by atoms with van der Waals surface area (Å²) < 4.78 is 7.06. The van der Waals surface area contributed by atoms with Gasteiger partial charge in [0.1, 0.15) is 0 Å². The van der Waals surface area contributed by atoms with Crippen LogP contribution in [0.15, 0.2) is 54.7 Å². The lowest BCUT2D eigenvalue weighted by atomic mass is 10.1. The number of piperazine rings is 1.